The number of Topliss-reactive ketones (excluding diaryl/α,β-unsaturated/α-hetero) is 1. The molecular weight excluding hydrogens is 104 g/mol. The fourth-order valence-electron chi connectivity index (χ4n) is 0.290. The van der Waals surface area contributed by atoms with Gasteiger partial charge in [-0.15, -0.1) is 0 Å². The second-order valence-electron chi connectivity index (χ2n) is 1.34. The summed E-state index contributed by atoms with van der Waals surface area (Å²) in [6.45, 7) is 1.40. The molecule has 0 fully saturated rings. The van der Waals surface area contributed by atoms with Crippen molar-refractivity contribution < 1.29 is 10.2 Å². The number of nitrogens with two attached hydrogens (primary N) is 2. The monoisotopic (exact) mass is 113 g/mol. The van der Waals surface area contributed by atoms with Crippen molar-refractivity contribution in [2.75, 3.05) is 0 Å². The molecule has 0 heterocycles. The van der Waals surface area contributed by atoms with Crippen LogP contribution in [-0.2, 0) is 4.79 Å². The lowest BCUT2D eigenvalue weighted by atomic mass is 10.2. The van der Waals surface area contributed by atoms with E-state index >= 15 is 0 Å². The highest BCUT2D eigenvalue weighted by Crippen LogP contribution is 1.83. The van der Waals surface area contributed by atoms with Crippen molar-refractivity contribution in [3.63, 3.8) is 0 Å². The van der Waals surface area contributed by atoms with Crippen LogP contribution in [-0.4, -0.2) is 12.0 Å². The van der Waals surface area contributed by atoms with Crippen LogP contribution in [0.2, 0.25) is 0 Å². The van der Waals surface area contributed by atoms with Crippen LogP contribution < -0.4 is 11.1 Å². The number of hydrogen-bond donors (Lipinski definition) is 2. The zero-order valence-corrected chi connectivity index (χ0v) is 4.72. The van der Waals surface area contributed by atoms with Gasteiger partial charge in [0.2, 0.25) is 0 Å². The van der Waals surface area contributed by atoms with Crippen molar-refractivity contribution in [1.29, 1.82) is 0 Å². The lowest BCUT2D eigenvalue weighted by Crippen LogP contribution is -2.32. The van der Waals surface area contributed by atoms with Crippen LogP contribution in [0.15, 0.2) is 11.8 Å². The number of carbonyl (C=O) groups is 1. The van der Waals surface area contributed by atoms with Gasteiger partial charge in [-0.05, 0) is 6.92 Å². The SMILES string of the molecule is CC(=O)/C(C=[NH2+])=C/N. The predicted molar refractivity (Wildman–Crippen MR) is 30.9 cm³/mol. The van der Waals surface area contributed by atoms with Crippen LogP contribution in [0.5, 0.6) is 0 Å². The molecule has 0 aliphatic carbocycles. The molecule has 0 atom stereocenters. The summed E-state index contributed by atoms with van der Waals surface area (Å²) >= 11 is 0. The minimum atomic E-state index is -0.116. The van der Waals surface area contributed by atoms with Crippen molar-refractivity contribution in [3.8, 4) is 0 Å². The molecule has 0 radical (unpaired) electrons. The van der Waals surface area contributed by atoms with Gasteiger partial charge in [-0.1, -0.05) is 0 Å². The van der Waals surface area contributed by atoms with Crippen molar-refractivity contribution >= 4 is 12.0 Å². The highest BCUT2D eigenvalue weighted by atomic mass is 16.1. The third-order valence-corrected chi connectivity index (χ3v) is 0.766. The number of hydrogen-bond acceptors (Lipinski definition) is 2. The first-order chi connectivity index (χ1) is 3.72. The van der Waals surface area contributed by atoms with E-state index < -0.39 is 0 Å². The fourth-order valence-corrected chi connectivity index (χ4v) is 0.290. The molecule has 0 rings (SSSR count). The Hall–Kier alpha value is -1.12. The zero-order valence-electron chi connectivity index (χ0n) is 4.72. The van der Waals surface area contributed by atoms with Crippen LogP contribution in [0.3, 0.4) is 0 Å². The molecular formula is C5H9N2O+. The largest absolute Gasteiger partial charge is 0.404 e. The first-order valence-corrected chi connectivity index (χ1v) is 2.20. The summed E-state index contributed by atoms with van der Waals surface area (Å²) in [7, 11) is 0. The minimum Gasteiger partial charge on any atom is -0.404 e. The quantitative estimate of drug-likeness (QED) is 0.329. The van der Waals surface area contributed by atoms with Gasteiger partial charge in [-0.25, -0.2) is 0 Å². The summed E-state index contributed by atoms with van der Waals surface area (Å²) in [6, 6.07) is 0. The highest BCUT2D eigenvalue weighted by Gasteiger charge is 1.98. The summed E-state index contributed by atoms with van der Waals surface area (Å²) in [5, 5.41) is 4.99. The van der Waals surface area contributed by atoms with Crippen molar-refractivity contribution in [2.24, 2.45) is 5.73 Å². The maximum atomic E-state index is 10.3. The lowest BCUT2D eigenvalue weighted by molar-refractivity contribution is -0.115. The van der Waals surface area contributed by atoms with Gasteiger partial charge in [0.15, 0.2) is 12.0 Å². The van der Waals surface area contributed by atoms with E-state index in [-0.39, 0.29) is 5.78 Å². The molecule has 0 amide bonds. The molecule has 0 aromatic rings. The molecule has 0 spiro atoms. The third-order valence-electron chi connectivity index (χ3n) is 0.766. The molecule has 0 bridgehead atoms. The molecule has 0 saturated heterocycles. The van der Waals surface area contributed by atoms with E-state index in [1.165, 1.54) is 19.3 Å². The summed E-state index contributed by atoms with van der Waals surface area (Å²) in [4.78, 5) is 10.3. The first-order valence-electron chi connectivity index (χ1n) is 2.20. The molecule has 3 heteroatoms. The Balaban J connectivity index is 4.13. The summed E-state index contributed by atoms with van der Waals surface area (Å²) in [5.41, 5.74) is 5.34. The summed E-state index contributed by atoms with van der Waals surface area (Å²) in [5.74, 6) is -0.116. The molecule has 0 saturated carbocycles. The van der Waals surface area contributed by atoms with Gasteiger partial charge in [-0.2, -0.15) is 0 Å². The zero-order chi connectivity index (χ0) is 6.57. The van der Waals surface area contributed by atoms with E-state index in [4.69, 9.17) is 11.1 Å². The molecule has 0 aliphatic rings. The van der Waals surface area contributed by atoms with Crippen molar-refractivity contribution in [1.82, 2.24) is 0 Å². The van der Waals surface area contributed by atoms with Gasteiger partial charge in [-0.3, -0.25) is 10.2 Å². The van der Waals surface area contributed by atoms with Gasteiger partial charge in [0.05, 0.1) is 5.57 Å². The van der Waals surface area contributed by atoms with E-state index in [0.717, 1.165) is 0 Å². The second kappa shape index (κ2) is 2.96. The van der Waals surface area contributed by atoms with Gasteiger partial charge in [0, 0.05) is 6.20 Å². The Morgan fingerprint density at radius 3 is 2.25 bits per heavy atom. The smallest absolute Gasteiger partial charge is 0.172 e. The Bertz CT molecular complexity index is 137. The number of carbonyl (C=O) groups excluding carboxylic acids is 1. The van der Waals surface area contributed by atoms with Gasteiger partial charge >= 0.3 is 0 Å². The van der Waals surface area contributed by atoms with Crippen molar-refractivity contribution in [3.05, 3.63) is 11.8 Å². The van der Waals surface area contributed by atoms with E-state index in [1.807, 2.05) is 0 Å². The van der Waals surface area contributed by atoms with E-state index in [9.17, 15) is 4.79 Å². The molecule has 0 aromatic heterocycles. The van der Waals surface area contributed by atoms with Crippen LogP contribution in [0.25, 0.3) is 0 Å². The summed E-state index contributed by atoms with van der Waals surface area (Å²) in [6.07, 6.45) is 2.37. The van der Waals surface area contributed by atoms with Crippen LogP contribution in [0, 0.1) is 0 Å². The van der Waals surface area contributed by atoms with Crippen LogP contribution in [0.4, 0.5) is 0 Å². The van der Waals surface area contributed by atoms with Gasteiger partial charge in [0.25, 0.3) is 0 Å². The third kappa shape index (κ3) is 1.55. The average Bonchev–Trinajstić information content (AvgIpc) is 1.69. The van der Waals surface area contributed by atoms with E-state index in [1.54, 1.807) is 0 Å². The van der Waals surface area contributed by atoms with Crippen molar-refractivity contribution in [2.45, 2.75) is 6.92 Å². The van der Waals surface area contributed by atoms with Gasteiger partial charge in [0.1, 0.15) is 0 Å². The maximum absolute atomic E-state index is 10.3. The number of ketones is 1. The molecule has 0 aliphatic heterocycles. The predicted octanol–water partition coefficient (Wildman–Crippen LogP) is -1.75. The lowest BCUT2D eigenvalue weighted by Gasteiger charge is -1.83. The minimum absolute atomic E-state index is 0.116. The van der Waals surface area contributed by atoms with Crippen LogP contribution >= 0.6 is 0 Å². The highest BCUT2D eigenvalue weighted by molar-refractivity contribution is 6.10. The maximum Gasteiger partial charge on any atom is 0.172 e. The Kier molecular flexibility index (Phi) is 2.54. The molecule has 0 unspecified atom stereocenters. The topological polar surface area (TPSA) is 68.7 Å². The molecule has 4 N–H and O–H groups in total. The Morgan fingerprint density at radius 1 is 1.75 bits per heavy atom. The summed E-state index contributed by atoms with van der Waals surface area (Å²) < 4.78 is 0. The van der Waals surface area contributed by atoms with E-state index in [0.29, 0.717) is 5.57 Å². The standard InChI is InChI=1S/C5H8N2O/c1-4(8)5(2-6)3-7/h2-3,6H,7H2,1H3/p+1/b5-3+,6-2?. The number of allylic oxidation sites excluding steroid dienone is 1. The Morgan fingerprint density at radius 2 is 2.25 bits per heavy atom. The molecule has 3 nitrogen and oxygen atoms in total. The molecule has 44 valence electrons. The van der Waals surface area contributed by atoms with E-state index in [2.05, 4.69) is 0 Å². The average molecular weight is 113 g/mol. The first kappa shape index (κ1) is 6.88. The number of rotatable bonds is 2. The van der Waals surface area contributed by atoms with Crippen LogP contribution in [0.1, 0.15) is 6.92 Å². The second-order valence-corrected chi connectivity index (χ2v) is 1.34. The molecule has 0 aromatic carbocycles. The van der Waals surface area contributed by atoms with Gasteiger partial charge < -0.3 is 5.73 Å². The fraction of sp³-hybridized carbons (Fsp3) is 0.200. The molecule has 8 heavy (non-hydrogen) atoms. The normalized spacial score (nSPS) is 10.9. The Labute approximate surface area is 47.7 Å².